The van der Waals surface area contributed by atoms with Gasteiger partial charge >= 0.3 is 6.03 Å². The molecule has 2 aliphatic rings. The van der Waals surface area contributed by atoms with Crippen molar-refractivity contribution in [1.82, 2.24) is 15.0 Å². The number of carbonyl (C=O) groups excluding carboxylic acids is 2. The van der Waals surface area contributed by atoms with Crippen LogP contribution >= 0.6 is 11.8 Å². The maximum absolute atomic E-state index is 13.4. The Morgan fingerprint density at radius 2 is 1.91 bits per heavy atom. The smallest absolute Gasteiger partial charge is 0.332 e. The van der Waals surface area contributed by atoms with Gasteiger partial charge in [-0.2, -0.15) is 4.98 Å². The molecule has 0 spiro atoms. The average molecular weight is 449 g/mol. The second-order valence-electron chi connectivity index (χ2n) is 7.51. The lowest BCUT2D eigenvalue weighted by atomic mass is 10.1. The van der Waals surface area contributed by atoms with Crippen molar-refractivity contribution in [3.63, 3.8) is 0 Å². The summed E-state index contributed by atoms with van der Waals surface area (Å²) in [5, 5.41) is 5.51. The third-order valence-corrected chi connectivity index (χ3v) is 6.57. The number of thioether (sulfide) groups is 1. The molecule has 0 bridgehead atoms. The number of benzene rings is 2. The predicted octanol–water partition coefficient (Wildman–Crippen LogP) is 4.02. The zero-order valence-corrected chi connectivity index (χ0v) is 18.3. The van der Waals surface area contributed by atoms with Gasteiger partial charge in [0.05, 0.1) is 24.4 Å². The number of rotatable bonds is 5. The highest BCUT2D eigenvalue weighted by Gasteiger charge is 2.48. The van der Waals surface area contributed by atoms with Gasteiger partial charge in [-0.15, -0.1) is 11.8 Å². The molecule has 32 heavy (non-hydrogen) atoms. The predicted molar refractivity (Wildman–Crippen MR) is 120 cm³/mol. The quantitative estimate of drug-likeness (QED) is 0.582. The summed E-state index contributed by atoms with van der Waals surface area (Å²) in [6.45, 7) is 2.04. The summed E-state index contributed by atoms with van der Waals surface area (Å²) in [6, 6.07) is 13.9. The van der Waals surface area contributed by atoms with Crippen molar-refractivity contribution in [2.45, 2.75) is 24.8 Å². The summed E-state index contributed by atoms with van der Waals surface area (Å²) in [4.78, 5) is 33.8. The average Bonchev–Trinajstić information content (AvgIpc) is 3.48. The van der Waals surface area contributed by atoms with Crippen molar-refractivity contribution in [3.05, 3.63) is 71.5 Å². The molecule has 2 atom stereocenters. The first kappa shape index (κ1) is 20.3. The van der Waals surface area contributed by atoms with E-state index in [-0.39, 0.29) is 24.4 Å². The number of urea groups is 1. The Labute approximate surface area is 188 Å². The molecule has 1 fully saturated rings. The first-order valence-corrected chi connectivity index (χ1v) is 11.0. The van der Waals surface area contributed by atoms with Gasteiger partial charge in [-0.1, -0.05) is 41.1 Å². The van der Waals surface area contributed by atoms with Crippen molar-refractivity contribution in [2.24, 2.45) is 0 Å². The molecule has 3 amide bonds. The molecule has 1 aromatic heterocycles. The normalized spacial score (nSPS) is 20.1. The molecule has 162 valence electrons. The van der Waals surface area contributed by atoms with Crippen LogP contribution in [0.15, 0.2) is 64.5 Å². The molecule has 2 aliphatic heterocycles. The van der Waals surface area contributed by atoms with Crippen molar-refractivity contribution in [2.75, 3.05) is 12.0 Å². The number of hydrogen-bond acceptors (Lipinski definition) is 7. The second kappa shape index (κ2) is 8.16. The molecule has 2 unspecified atom stereocenters. The summed E-state index contributed by atoms with van der Waals surface area (Å²) in [6.07, 6.45) is 1.87. The fourth-order valence-corrected chi connectivity index (χ4v) is 4.89. The van der Waals surface area contributed by atoms with E-state index in [0.29, 0.717) is 22.8 Å². The highest BCUT2D eigenvalue weighted by atomic mass is 32.2. The van der Waals surface area contributed by atoms with Gasteiger partial charge in [-0.3, -0.25) is 4.79 Å². The van der Waals surface area contributed by atoms with E-state index in [1.807, 2.05) is 54.8 Å². The van der Waals surface area contributed by atoms with Gasteiger partial charge in [0.25, 0.3) is 5.91 Å². The number of anilines is 1. The summed E-state index contributed by atoms with van der Waals surface area (Å²) in [7, 11) is 1.58. The highest BCUT2D eigenvalue weighted by Crippen LogP contribution is 2.37. The second-order valence-corrected chi connectivity index (χ2v) is 8.56. The van der Waals surface area contributed by atoms with Crippen LogP contribution in [0, 0.1) is 6.92 Å². The van der Waals surface area contributed by atoms with Gasteiger partial charge in [-0.25, -0.2) is 9.69 Å². The molecule has 2 aromatic carbocycles. The number of para-hydroxylation sites is 1. The lowest BCUT2D eigenvalue weighted by Gasteiger charge is -2.40. The van der Waals surface area contributed by atoms with Crippen LogP contribution in [0.2, 0.25) is 0 Å². The topological polar surface area (TPSA) is 88.8 Å². The largest absolute Gasteiger partial charge is 0.496 e. The van der Waals surface area contributed by atoms with E-state index in [0.717, 1.165) is 5.56 Å². The number of amides is 3. The Bertz CT molecular complexity index is 1210. The van der Waals surface area contributed by atoms with Crippen molar-refractivity contribution < 1.29 is 18.8 Å². The number of nitrogens with zero attached hydrogens (tertiary/aromatic N) is 4. The highest BCUT2D eigenvalue weighted by molar-refractivity contribution is 8.03. The van der Waals surface area contributed by atoms with Crippen LogP contribution in [0.25, 0.3) is 11.4 Å². The van der Waals surface area contributed by atoms with Crippen LogP contribution < -0.4 is 9.64 Å². The number of carbonyl (C=O) groups is 2. The monoisotopic (exact) mass is 448 g/mol. The Morgan fingerprint density at radius 3 is 2.69 bits per heavy atom. The molecule has 0 saturated carbocycles. The molecule has 0 aliphatic carbocycles. The number of imide groups is 1. The van der Waals surface area contributed by atoms with Crippen LogP contribution in [-0.2, 0) is 11.3 Å². The number of aromatic nitrogens is 2. The summed E-state index contributed by atoms with van der Waals surface area (Å²) in [5.74, 6) is 1.05. The lowest BCUT2D eigenvalue weighted by molar-refractivity contribution is -0.119. The molecule has 1 saturated heterocycles. The van der Waals surface area contributed by atoms with E-state index in [2.05, 4.69) is 10.1 Å². The van der Waals surface area contributed by atoms with Gasteiger partial charge < -0.3 is 14.2 Å². The first-order valence-electron chi connectivity index (χ1n) is 10.1. The molecule has 8 nitrogen and oxygen atoms in total. The standard InChI is InChI=1S/C23H20N4O4S/c1-14-7-9-15(10-8-14)27-22(28)20-17(11-12-32-20)26(23(27)29)13-19-24-21(25-31-19)16-5-3-4-6-18(16)30-2/h3-12,17,20H,13H2,1-2H3. The van der Waals surface area contributed by atoms with E-state index in [1.165, 1.54) is 16.7 Å². The third kappa shape index (κ3) is 3.44. The Hall–Kier alpha value is -3.59. The van der Waals surface area contributed by atoms with E-state index in [9.17, 15) is 9.59 Å². The minimum atomic E-state index is -0.413. The molecular weight excluding hydrogens is 428 g/mol. The summed E-state index contributed by atoms with van der Waals surface area (Å²) >= 11 is 1.41. The van der Waals surface area contributed by atoms with Crippen LogP contribution in [0.4, 0.5) is 10.5 Å². The van der Waals surface area contributed by atoms with Crippen LogP contribution in [0.1, 0.15) is 11.5 Å². The third-order valence-electron chi connectivity index (χ3n) is 5.49. The number of hydrogen-bond donors (Lipinski definition) is 0. The van der Waals surface area contributed by atoms with Gasteiger partial charge in [0.15, 0.2) is 0 Å². The van der Waals surface area contributed by atoms with Crippen molar-refractivity contribution in [1.29, 1.82) is 0 Å². The van der Waals surface area contributed by atoms with E-state index < -0.39 is 11.3 Å². The van der Waals surface area contributed by atoms with Gasteiger partial charge in [0.2, 0.25) is 11.7 Å². The summed E-state index contributed by atoms with van der Waals surface area (Å²) < 4.78 is 10.8. The maximum atomic E-state index is 13.4. The van der Waals surface area contributed by atoms with Gasteiger partial charge in [0, 0.05) is 0 Å². The number of aryl methyl sites for hydroxylation is 1. The Kier molecular flexibility index (Phi) is 5.18. The fraction of sp³-hybridized carbons (Fsp3) is 0.217. The van der Waals surface area contributed by atoms with E-state index >= 15 is 0 Å². The molecule has 0 N–H and O–H groups in total. The SMILES string of the molecule is COc1ccccc1-c1noc(CN2C(=O)N(c3ccc(C)cc3)C(=O)C3SC=CC32)n1. The van der Waals surface area contributed by atoms with Crippen LogP contribution in [-0.4, -0.2) is 45.4 Å². The molecule has 3 heterocycles. The Balaban J connectivity index is 1.45. The summed E-state index contributed by atoms with van der Waals surface area (Å²) in [5.41, 5.74) is 2.29. The molecule has 9 heteroatoms. The van der Waals surface area contributed by atoms with Gasteiger partial charge in [-0.05, 0) is 36.6 Å². The number of ether oxygens (including phenoxy) is 1. The lowest BCUT2D eigenvalue weighted by Crippen LogP contribution is -2.61. The minimum absolute atomic E-state index is 0.0860. The van der Waals surface area contributed by atoms with Crippen LogP contribution in [0.3, 0.4) is 0 Å². The van der Waals surface area contributed by atoms with Crippen LogP contribution in [0.5, 0.6) is 5.75 Å². The zero-order valence-electron chi connectivity index (χ0n) is 17.5. The first-order chi connectivity index (χ1) is 15.6. The molecule has 5 rings (SSSR count). The molecular formula is C23H20N4O4S. The maximum Gasteiger partial charge on any atom is 0.332 e. The number of methoxy groups -OCH3 is 1. The molecule has 3 aromatic rings. The minimum Gasteiger partial charge on any atom is -0.496 e. The fourth-order valence-electron chi connectivity index (χ4n) is 3.85. The number of fused-ring (bicyclic) bond motifs is 1. The zero-order chi connectivity index (χ0) is 22.2. The van der Waals surface area contributed by atoms with E-state index in [4.69, 9.17) is 9.26 Å². The van der Waals surface area contributed by atoms with Crippen molar-refractivity contribution in [3.8, 4) is 17.1 Å². The van der Waals surface area contributed by atoms with Gasteiger partial charge in [0.1, 0.15) is 17.5 Å². The Morgan fingerprint density at radius 1 is 1.12 bits per heavy atom. The van der Waals surface area contributed by atoms with E-state index in [1.54, 1.807) is 24.1 Å². The van der Waals surface area contributed by atoms with Crippen molar-refractivity contribution >= 4 is 29.4 Å². The molecule has 0 radical (unpaired) electrons.